The van der Waals surface area contributed by atoms with E-state index in [9.17, 15) is 0 Å². The third-order valence-corrected chi connectivity index (χ3v) is 3.44. The molecule has 7 nitrogen and oxygen atoms in total. The molecule has 7 heteroatoms. The molecule has 0 aliphatic carbocycles. The van der Waals surface area contributed by atoms with Gasteiger partial charge in [0.25, 0.3) is 0 Å². The van der Waals surface area contributed by atoms with Crippen LogP contribution in [0.15, 0.2) is 0 Å². The Hall–Kier alpha value is -1.63. The summed E-state index contributed by atoms with van der Waals surface area (Å²) in [6, 6.07) is 0. The molecule has 0 aromatic carbocycles. The van der Waals surface area contributed by atoms with Gasteiger partial charge in [-0.3, -0.25) is 0 Å². The lowest BCUT2D eigenvalue weighted by molar-refractivity contribution is 0.128. The maximum absolute atomic E-state index is 5.22. The van der Waals surface area contributed by atoms with Crippen molar-refractivity contribution in [2.24, 2.45) is 0 Å². The van der Waals surface area contributed by atoms with Gasteiger partial charge in [-0.1, -0.05) is 0 Å². The molecule has 0 amide bonds. The topological polar surface area (TPSA) is 75.2 Å². The molecule has 1 aliphatic heterocycles. The van der Waals surface area contributed by atoms with Crippen LogP contribution in [0.4, 0.5) is 17.8 Å². The minimum Gasteiger partial charge on any atom is -0.380 e. The first-order valence-corrected chi connectivity index (χ1v) is 7.18. The zero-order valence-electron chi connectivity index (χ0n) is 12.5. The van der Waals surface area contributed by atoms with Crippen LogP contribution in [-0.4, -0.2) is 54.8 Å². The fraction of sp³-hybridized carbons (Fsp3) is 0.769. The first-order chi connectivity index (χ1) is 9.72. The van der Waals surface area contributed by atoms with Crippen LogP contribution in [0.3, 0.4) is 0 Å². The van der Waals surface area contributed by atoms with Crippen molar-refractivity contribution in [1.29, 1.82) is 0 Å². The Kier molecular flexibility index (Phi) is 5.34. The molecule has 20 heavy (non-hydrogen) atoms. The van der Waals surface area contributed by atoms with Crippen molar-refractivity contribution in [1.82, 2.24) is 15.0 Å². The van der Waals surface area contributed by atoms with E-state index in [0.717, 1.165) is 19.0 Å². The Morgan fingerprint density at radius 1 is 1.15 bits per heavy atom. The summed E-state index contributed by atoms with van der Waals surface area (Å²) < 4.78 is 5.22. The third kappa shape index (κ3) is 3.93. The molecule has 0 spiro atoms. The second-order valence-corrected chi connectivity index (χ2v) is 5.01. The SMILES string of the molecule is CNc1nc(NCC(C)OC)nc(N2CCCCC2)n1. The minimum atomic E-state index is 0.114. The van der Waals surface area contributed by atoms with E-state index < -0.39 is 0 Å². The Labute approximate surface area is 120 Å². The van der Waals surface area contributed by atoms with Gasteiger partial charge in [0.2, 0.25) is 17.8 Å². The maximum Gasteiger partial charge on any atom is 0.231 e. The molecule has 0 saturated carbocycles. The number of nitrogens with one attached hydrogen (secondary N) is 2. The second kappa shape index (κ2) is 7.23. The van der Waals surface area contributed by atoms with Crippen molar-refractivity contribution in [3.8, 4) is 0 Å². The lowest BCUT2D eigenvalue weighted by atomic mass is 10.1. The molecule has 2 heterocycles. The predicted molar refractivity (Wildman–Crippen MR) is 80.4 cm³/mol. The van der Waals surface area contributed by atoms with Crippen LogP contribution in [0.25, 0.3) is 0 Å². The van der Waals surface area contributed by atoms with Crippen molar-refractivity contribution in [3.63, 3.8) is 0 Å². The molecule has 1 atom stereocenters. The predicted octanol–water partition coefficient (Wildman–Crippen LogP) is 1.35. The van der Waals surface area contributed by atoms with Gasteiger partial charge in [-0.2, -0.15) is 15.0 Å². The Balaban J connectivity index is 2.10. The number of rotatable bonds is 6. The number of hydrogen-bond acceptors (Lipinski definition) is 7. The summed E-state index contributed by atoms with van der Waals surface area (Å²) in [5, 5.41) is 6.18. The van der Waals surface area contributed by atoms with Gasteiger partial charge in [0.1, 0.15) is 0 Å². The van der Waals surface area contributed by atoms with Gasteiger partial charge in [0.05, 0.1) is 6.10 Å². The average molecular weight is 280 g/mol. The van der Waals surface area contributed by atoms with Crippen LogP contribution in [0, 0.1) is 0 Å². The number of nitrogens with zero attached hydrogens (tertiary/aromatic N) is 4. The number of aromatic nitrogens is 3. The molecular formula is C13H24N6O. The second-order valence-electron chi connectivity index (χ2n) is 5.01. The first-order valence-electron chi connectivity index (χ1n) is 7.18. The molecule has 1 aromatic heterocycles. The largest absolute Gasteiger partial charge is 0.380 e. The number of anilines is 3. The summed E-state index contributed by atoms with van der Waals surface area (Å²) >= 11 is 0. The van der Waals surface area contributed by atoms with Gasteiger partial charge in [0.15, 0.2) is 0 Å². The van der Waals surface area contributed by atoms with Crippen LogP contribution in [0.1, 0.15) is 26.2 Å². The van der Waals surface area contributed by atoms with Gasteiger partial charge in [-0.05, 0) is 26.2 Å². The number of piperidine rings is 1. The zero-order valence-corrected chi connectivity index (χ0v) is 12.5. The number of hydrogen-bond donors (Lipinski definition) is 2. The Morgan fingerprint density at radius 2 is 1.85 bits per heavy atom. The van der Waals surface area contributed by atoms with E-state index in [4.69, 9.17) is 4.74 Å². The van der Waals surface area contributed by atoms with E-state index in [-0.39, 0.29) is 6.10 Å². The van der Waals surface area contributed by atoms with Crippen molar-refractivity contribution in [3.05, 3.63) is 0 Å². The summed E-state index contributed by atoms with van der Waals surface area (Å²) in [5.41, 5.74) is 0. The highest BCUT2D eigenvalue weighted by Gasteiger charge is 2.16. The van der Waals surface area contributed by atoms with Crippen LogP contribution >= 0.6 is 0 Å². The lowest BCUT2D eigenvalue weighted by Gasteiger charge is -2.27. The fourth-order valence-electron chi connectivity index (χ4n) is 2.11. The molecule has 112 valence electrons. The average Bonchev–Trinajstić information content (AvgIpc) is 2.53. The van der Waals surface area contributed by atoms with E-state index in [2.05, 4.69) is 30.5 Å². The molecule has 1 saturated heterocycles. The van der Waals surface area contributed by atoms with Crippen LogP contribution in [0.2, 0.25) is 0 Å². The van der Waals surface area contributed by atoms with Crippen LogP contribution < -0.4 is 15.5 Å². The van der Waals surface area contributed by atoms with E-state index in [0.29, 0.717) is 18.4 Å². The number of ether oxygens (including phenoxy) is 1. The minimum absolute atomic E-state index is 0.114. The molecular weight excluding hydrogens is 256 g/mol. The van der Waals surface area contributed by atoms with Gasteiger partial charge < -0.3 is 20.3 Å². The van der Waals surface area contributed by atoms with Crippen molar-refractivity contribution < 1.29 is 4.74 Å². The standard InChI is InChI=1S/C13H24N6O/c1-10(20-3)9-15-12-16-11(14-2)17-13(18-12)19-7-5-4-6-8-19/h10H,4-9H2,1-3H3,(H2,14,15,16,17,18). The van der Waals surface area contributed by atoms with E-state index >= 15 is 0 Å². The normalized spacial score (nSPS) is 16.9. The van der Waals surface area contributed by atoms with Crippen LogP contribution in [-0.2, 0) is 4.74 Å². The highest BCUT2D eigenvalue weighted by atomic mass is 16.5. The molecule has 2 rings (SSSR count). The molecule has 1 aliphatic rings. The monoisotopic (exact) mass is 280 g/mol. The van der Waals surface area contributed by atoms with Crippen molar-refractivity contribution in [2.45, 2.75) is 32.3 Å². The van der Waals surface area contributed by atoms with Gasteiger partial charge >= 0.3 is 0 Å². The van der Waals surface area contributed by atoms with Crippen molar-refractivity contribution in [2.75, 3.05) is 49.3 Å². The summed E-state index contributed by atoms with van der Waals surface area (Å²) in [6.45, 7) is 4.70. The summed E-state index contributed by atoms with van der Waals surface area (Å²) in [5.74, 6) is 1.93. The van der Waals surface area contributed by atoms with Gasteiger partial charge in [-0.15, -0.1) is 0 Å². The smallest absolute Gasteiger partial charge is 0.231 e. The molecule has 0 radical (unpaired) electrons. The molecule has 0 bridgehead atoms. The quantitative estimate of drug-likeness (QED) is 0.814. The molecule has 1 unspecified atom stereocenters. The van der Waals surface area contributed by atoms with Crippen molar-refractivity contribution >= 4 is 17.8 Å². The highest BCUT2D eigenvalue weighted by Crippen LogP contribution is 2.18. The van der Waals surface area contributed by atoms with E-state index in [1.165, 1.54) is 19.3 Å². The number of methoxy groups -OCH3 is 1. The Morgan fingerprint density at radius 3 is 2.50 bits per heavy atom. The zero-order chi connectivity index (χ0) is 14.4. The summed E-state index contributed by atoms with van der Waals surface area (Å²) in [4.78, 5) is 15.5. The maximum atomic E-state index is 5.22. The van der Waals surface area contributed by atoms with E-state index in [1.54, 1.807) is 7.11 Å². The summed E-state index contributed by atoms with van der Waals surface area (Å²) in [7, 11) is 3.51. The van der Waals surface area contributed by atoms with Crippen LogP contribution in [0.5, 0.6) is 0 Å². The highest BCUT2D eigenvalue weighted by molar-refractivity contribution is 5.43. The fourth-order valence-corrected chi connectivity index (χ4v) is 2.11. The lowest BCUT2D eigenvalue weighted by Crippen LogP contribution is -2.31. The van der Waals surface area contributed by atoms with Gasteiger partial charge in [-0.25, -0.2) is 0 Å². The first kappa shape index (κ1) is 14.8. The molecule has 2 N–H and O–H groups in total. The third-order valence-electron chi connectivity index (χ3n) is 3.44. The molecule has 1 fully saturated rings. The Bertz CT molecular complexity index is 421. The van der Waals surface area contributed by atoms with Gasteiger partial charge in [0, 0.05) is 33.8 Å². The van der Waals surface area contributed by atoms with E-state index in [1.807, 2.05) is 14.0 Å². The molecule has 1 aromatic rings. The summed E-state index contributed by atoms with van der Waals surface area (Å²) in [6.07, 6.45) is 3.80.